The molecule has 1 aromatic heterocycles. The van der Waals surface area contributed by atoms with Crippen LogP contribution in [0.4, 0.5) is 0 Å². The minimum atomic E-state index is -3.67. The molecule has 0 saturated heterocycles. The van der Waals surface area contributed by atoms with E-state index in [4.69, 9.17) is 11.6 Å². The maximum absolute atomic E-state index is 12.4. The molecule has 5 nitrogen and oxygen atoms in total. The summed E-state index contributed by atoms with van der Waals surface area (Å²) in [6.45, 7) is 4.15. The Bertz CT molecular complexity index is 659. The summed E-state index contributed by atoms with van der Waals surface area (Å²) >= 11 is 6.78. The fraction of sp³-hybridized carbons (Fsp3) is 0.667. The first kappa shape index (κ1) is 18.7. The van der Waals surface area contributed by atoms with Gasteiger partial charge in [0.2, 0.25) is 5.91 Å². The summed E-state index contributed by atoms with van der Waals surface area (Å²) in [4.78, 5) is 12.2. The van der Waals surface area contributed by atoms with E-state index in [0.717, 1.165) is 28.5 Å². The standard InChI is InChI=1S/C15H23ClN2O3S2/c1-10-5-4-6-12(11(10)2)17-14(19)9-18(3)23(20,21)15-8-7-13(16)22-15/h7-8,10-12H,4-6,9H2,1-3H3,(H,17,19)/t10-,11-,12-/m1/s1. The largest absolute Gasteiger partial charge is 0.352 e. The summed E-state index contributed by atoms with van der Waals surface area (Å²) < 4.78 is 26.4. The highest BCUT2D eigenvalue weighted by Crippen LogP contribution is 2.30. The Balaban J connectivity index is 1.97. The van der Waals surface area contributed by atoms with Gasteiger partial charge in [-0.1, -0.05) is 38.3 Å². The molecule has 1 saturated carbocycles. The molecule has 1 aromatic rings. The lowest BCUT2D eigenvalue weighted by atomic mass is 9.78. The average Bonchev–Trinajstić information content (AvgIpc) is 2.91. The second-order valence-corrected chi connectivity index (χ2v) is 10.2. The lowest BCUT2D eigenvalue weighted by molar-refractivity contribution is -0.122. The van der Waals surface area contributed by atoms with Crippen molar-refractivity contribution in [1.29, 1.82) is 0 Å². The van der Waals surface area contributed by atoms with Gasteiger partial charge in [-0.25, -0.2) is 8.42 Å². The third kappa shape index (κ3) is 4.47. The van der Waals surface area contributed by atoms with Gasteiger partial charge in [0.25, 0.3) is 10.0 Å². The van der Waals surface area contributed by atoms with Crippen molar-refractivity contribution in [2.45, 2.75) is 43.4 Å². The molecule has 130 valence electrons. The first-order chi connectivity index (χ1) is 10.7. The zero-order valence-electron chi connectivity index (χ0n) is 13.6. The predicted octanol–water partition coefficient (Wildman–Crippen LogP) is 2.96. The van der Waals surface area contributed by atoms with Gasteiger partial charge < -0.3 is 5.32 Å². The van der Waals surface area contributed by atoms with E-state index in [0.29, 0.717) is 16.2 Å². The summed E-state index contributed by atoms with van der Waals surface area (Å²) in [6, 6.07) is 3.12. The number of carbonyl (C=O) groups excluding carboxylic acids is 1. The van der Waals surface area contributed by atoms with Gasteiger partial charge in [0, 0.05) is 13.1 Å². The van der Waals surface area contributed by atoms with Gasteiger partial charge in [-0.15, -0.1) is 11.3 Å². The Hall–Kier alpha value is -0.630. The molecule has 1 N–H and O–H groups in total. The minimum absolute atomic E-state index is 0.124. The normalized spacial score (nSPS) is 25.5. The molecule has 8 heteroatoms. The second-order valence-electron chi connectivity index (χ2n) is 6.26. The zero-order chi connectivity index (χ0) is 17.2. The SMILES string of the molecule is C[C@@H]1[C@H](C)CCC[C@H]1NC(=O)CN(C)S(=O)(=O)c1ccc(Cl)s1. The highest BCUT2D eigenvalue weighted by Gasteiger charge is 2.30. The Morgan fingerprint density at radius 2 is 2.09 bits per heavy atom. The molecule has 0 spiro atoms. The van der Waals surface area contributed by atoms with Crippen LogP contribution in [-0.4, -0.2) is 38.3 Å². The summed E-state index contributed by atoms with van der Waals surface area (Å²) in [5, 5.41) is 2.99. The van der Waals surface area contributed by atoms with Crippen molar-refractivity contribution in [3.05, 3.63) is 16.5 Å². The summed E-state index contributed by atoms with van der Waals surface area (Å²) in [7, 11) is -2.26. The van der Waals surface area contributed by atoms with Crippen LogP contribution in [0.2, 0.25) is 4.34 Å². The van der Waals surface area contributed by atoms with Crippen molar-refractivity contribution in [2.75, 3.05) is 13.6 Å². The van der Waals surface area contributed by atoms with Crippen LogP contribution in [-0.2, 0) is 14.8 Å². The molecule has 23 heavy (non-hydrogen) atoms. The number of nitrogens with one attached hydrogen (secondary N) is 1. The van der Waals surface area contributed by atoms with Gasteiger partial charge in [-0.05, 0) is 30.4 Å². The summed E-state index contributed by atoms with van der Waals surface area (Å²) in [5.74, 6) is 0.721. The number of likely N-dealkylation sites (N-methyl/N-ethyl adjacent to an activating group) is 1. The van der Waals surface area contributed by atoms with E-state index in [1.54, 1.807) is 0 Å². The molecular formula is C15H23ClN2O3S2. The van der Waals surface area contributed by atoms with Crippen LogP contribution in [0.1, 0.15) is 33.1 Å². The highest BCUT2D eigenvalue weighted by atomic mass is 35.5. The van der Waals surface area contributed by atoms with Crippen molar-refractivity contribution in [1.82, 2.24) is 9.62 Å². The van der Waals surface area contributed by atoms with E-state index in [1.165, 1.54) is 25.6 Å². The minimum Gasteiger partial charge on any atom is -0.352 e. The quantitative estimate of drug-likeness (QED) is 0.856. The van der Waals surface area contributed by atoms with Crippen molar-refractivity contribution < 1.29 is 13.2 Å². The molecule has 0 aromatic carbocycles. The van der Waals surface area contributed by atoms with Crippen molar-refractivity contribution in [2.24, 2.45) is 11.8 Å². The Morgan fingerprint density at radius 1 is 1.39 bits per heavy atom. The average molecular weight is 379 g/mol. The topological polar surface area (TPSA) is 66.5 Å². The Kier molecular flexibility index (Phi) is 6.10. The summed E-state index contributed by atoms with van der Waals surface area (Å²) in [5.41, 5.74) is 0. The number of carbonyl (C=O) groups is 1. The number of rotatable bonds is 5. The molecule has 2 rings (SSSR count). The molecule has 1 aliphatic rings. The van der Waals surface area contributed by atoms with Crippen LogP contribution < -0.4 is 5.32 Å². The maximum Gasteiger partial charge on any atom is 0.252 e. The van der Waals surface area contributed by atoms with Crippen LogP contribution >= 0.6 is 22.9 Å². The number of nitrogens with zero attached hydrogens (tertiary/aromatic N) is 1. The molecule has 0 radical (unpaired) electrons. The third-order valence-electron chi connectivity index (χ3n) is 4.63. The van der Waals surface area contributed by atoms with Gasteiger partial charge >= 0.3 is 0 Å². The van der Waals surface area contributed by atoms with Crippen LogP contribution in [0.5, 0.6) is 0 Å². The van der Waals surface area contributed by atoms with Gasteiger partial charge in [0.1, 0.15) is 4.21 Å². The third-order valence-corrected chi connectivity index (χ3v) is 8.13. The van der Waals surface area contributed by atoms with E-state index in [-0.39, 0.29) is 22.7 Å². The number of hydrogen-bond acceptors (Lipinski definition) is 4. The first-order valence-corrected chi connectivity index (χ1v) is 10.4. The van der Waals surface area contributed by atoms with Gasteiger partial charge in [0.05, 0.1) is 10.9 Å². The molecule has 0 aliphatic heterocycles. The Labute approximate surface area is 147 Å². The van der Waals surface area contributed by atoms with E-state index in [1.807, 2.05) is 0 Å². The molecule has 1 aliphatic carbocycles. The number of amides is 1. The van der Waals surface area contributed by atoms with Crippen LogP contribution in [0, 0.1) is 11.8 Å². The van der Waals surface area contributed by atoms with Crippen LogP contribution in [0.3, 0.4) is 0 Å². The molecule has 1 fully saturated rings. The number of hydrogen-bond donors (Lipinski definition) is 1. The molecule has 0 bridgehead atoms. The van der Waals surface area contributed by atoms with Crippen molar-refractivity contribution >= 4 is 38.9 Å². The van der Waals surface area contributed by atoms with E-state index in [9.17, 15) is 13.2 Å². The van der Waals surface area contributed by atoms with Gasteiger partial charge in [0.15, 0.2) is 0 Å². The van der Waals surface area contributed by atoms with Crippen molar-refractivity contribution in [3.63, 3.8) is 0 Å². The van der Waals surface area contributed by atoms with E-state index >= 15 is 0 Å². The zero-order valence-corrected chi connectivity index (χ0v) is 16.0. The maximum atomic E-state index is 12.4. The Morgan fingerprint density at radius 3 is 2.70 bits per heavy atom. The summed E-state index contributed by atoms with van der Waals surface area (Å²) in [6.07, 6.45) is 3.23. The lowest BCUT2D eigenvalue weighted by Gasteiger charge is -2.34. The van der Waals surface area contributed by atoms with Gasteiger partial charge in [-0.3, -0.25) is 4.79 Å². The predicted molar refractivity (Wildman–Crippen MR) is 93.3 cm³/mol. The van der Waals surface area contributed by atoms with E-state index in [2.05, 4.69) is 19.2 Å². The fourth-order valence-electron chi connectivity index (χ4n) is 2.92. The first-order valence-electron chi connectivity index (χ1n) is 7.73. The van der Waals surface area contributed by atoms with Crippen molar-refractivity contribution in [3.8, 4) is 0 Å². The molecule has 1 heterocycles. The van der Waals surface area contributed by atoms with Gasteiger partial charge in [-0.2, -0.15) is 4.31 Å². The fourth-order valence-corrected chi connectivity index (χ4v) is 5.74. The van der Waals surface area contributed by atoms with Crippen LogP contribution in [0.15, 0.2) is 16.3 Å². The number of halogens is 1. The molecule has 0 unspecified atom stereocenters. The van der Waals surface area contributed by atoms with Crippen LogP contribution in [0.25, 0.3) is 0 Å². The lowest BCUT2D eigenvalue weighted by Crippen LogP contribution is -2.47. The number of thiophene rings is 1. The monoisotopic (exact) mass is 378 g/mol. The smallest absolute Gasteiger partial charge is 0.252 e. The molecule has 1 amide bonds. The number of sulfonamides is 1. The van der Waals surface area contributed by atoms with E-state index < -0.39 is 10.0 Å². The molecular weight excluding hydrogens is 356 g/mol. The highest BCUT2D eigenvalue weighted by molar-refractivity contribution is 7.91. The second kappa shape index (κ2) is 7.51. The molecule has 3 atom stereocenters.